The fourth-order valence-corrected chi connectivity index (χ4v) is 3.30. The third kappa shape index (κ3) is 3.69. The van der Waals surface area contributed by atoms with Crippen molar-refractivity contribution >= 4 is 28.4 Å². The molecule has 10 nitrogen and oxygen atoms in total. The lowest BCUT2D eigenvalue weighted by molar-refractivity contribution is -0.384. The van der Waals surface area contributed by atoms with Crippen molar-refractivity contribution in [2.24, 2.45) is 0 Å². The summed E-state index contributed by atoms with van der Waals surface area (Å²) in [4.78, 5) is 23.9. The van der Waals surface area contributed by atoms with E-state index < -0.39 is 6.09 Å². The number of aromatic nitrogens is 2. The lowest BCUT2D eigenvalue weighted by atomic mass is 10.0. The number of nitrogens with zero attached hydrogens (tertiary/aromatic N) is 4. The Morgan fingerprint density at radius 1 is 1.46 bits per heavy atom. The number of fused-ring (bicyclic) bond motifs is 1. The molecule has 140 valence electrons. The first-order valence-corrected chi connectivity index (χ1v) is 8.37. The van der Waals surface area contributed by atoms with Crippen LogP contribution in [0.4, 0.5) is 16.2 Å². The molecule has 0 aliphatic carbocycles. The third-order valence-electron chi connectivity index (χ3n) is 4.61. The van der Waals surface area contributed by atoms with Gasteiger partial charge in [-0.2, -0.15) is 5.10 Å². The second kappa shape index (κ2) is 7.56. The van der Waals surface area contributed by atoms with Gasteiger partial charge in [0.1, 0.15) is 5.69 Å². The molecule has 2 N–H and O–H groups in total. The quantitative estimate of drug-likeness (QED) is 0.593. The van der Waals surface area contributed by atoms with Crippen molar-refractivity contribution in [2.45, 2.75) is 25.4 Å². The lowest BCUT2D eigenvalue weighted by Gasteiger charge is -2.33. The number of ether oxygens (including phenoxy) is 1. The second-order valence-corrected chi connectivity index (χ2v) is 6.23. The van der Waals surface area contributed by atoms with E-state index in [4.69, 9.17) is 9.84 Å². The molecule has 1 aromatic carbocycles. The molecule has 1 aliphatic rings. The summed E-state index contributed by atoms with van der Waals surface area (Å²) in [7, 11) is 1.61. The van der Waals surface area contributed by atoms with Crippen LogP contribution in [0.5, 0.6) is 0 Å². The van der Waals surface area contributed by atoms with E-state index in [1.54, 1.807) is 30.1 Å². The minimum atomic E-state index is -1.04. The highest BCUT2D eigenvalue weighted by Gasteiger charge is 2.26. The van der Waals surface area contributed by atoms with E-state index in [-0.39, 0.29) is 16.7 Å². The van der Waals surface area contributed by atoms with E-state index in [9.17, 15) is 14.9 Å². The van der Waals surface area contributed by atoms with Crippen molar-refractivity contribution < 1.29 is 19.6 Å². The fraction of sp³-hybridized carbons (Fsp3) is 0.500. The molecule has 0 spiro atoms. The van der Waals surface area contributed by atoms with Gasteiger partial charge < -0.3 is 20.1 Å². The van der Waals surface area contributed by atoms with E-state index in [1.807, 2.05) is 4.90 Å². The summed E-state index contributed by atoms with van der Waals surface area (Å²) in [5.41, 5.74) is 1.39. The van der Waals surface area contributed by atoms with Gasteiger partial charge >= 0.3 is 6.09 Å². The molecular weight excluding hydrogens is 342 g/mol. The fourth-order valence-electron chi connectivity index (χ4n) is 3.30. The number of hydrogen-bond donors (Lipinski definition) is 2. The largest absolute Gasteiger partial charge is 0.465 e. The minimum Gasteiger partial charge on any atom is -0.465 e. The number of nitro benzene ring substituents is 1. The highest BCUT2D eigenvalue weighted by Crippen LogP contribution is 2.34. The normalized spacial score (nSPS) is 15.3. The van der Waals surface area contributed by atoms with E-state index in [0.717, 1.165) is 5.52 Å². The molecule has 10 heteroatoms. The number of nitro groups is 1. The summed E-state index contributed by atoms with van der Waals surface area (Å²) in [5, 5.41) is 27.8. The first-order chi connectivity index (χ1) is 12.5. The highest BCUT2D eigenvalue weighted by atomic mass is 16.6. The number of anilines is 1. The van der Waals surface area contributed by atoms with Gasteiger partial charge in [0.25, 0.3) is 5.69 Å². The van der Waals surface area contributed by atoms with Gasteiger partial charge in [-0.1, -0.05) is 0 Å². The van der Waals surface area contributed by atoms with Gasteiger partial charge in [0.05, 0.1) is 29.8 Å². The second-order valence-electron chi connectivity index (χ2n) is 6.23. The van der Waals surface area contributed by atoms with Crippen LogP contribution < -0.4 is 10.2 Å². The molecule has 1 aromatic heterocycles. The average molecular weight is 363 g/mol. The molecule has 1 saturated heterocycles. The lowest BCUT2D eigenvalue weighted by Crippen LogP contribution is -2.44. The van der Waals surface area contributed by atoms with E-state index in [2.05, 4.69) is 10.4 Å². The topological polar surface area (TPSA) is 123 Å². The standard InChI is InChI=1S/C16H21N5O5/c1-26-7-6-20-13-9-14(15(21(24)25)8-11(13)10-17-20)19-4-2-12(3-5-19)18-16(22)23/h8-10,12,18H,2-7H2,1H3,(H,22,23). The zero-order chi connectivity index (χ0) is 18.7. The van der Waals surface area contributed by atoms with Crippen LogP contribution in [0.15, 0.2) is 18.3 Å². The zero-order valence-electron chi connectivity index (χ0n) is 14.4. The molecule has 0 unspecified atom stereocenters. The number of benzene rings is 1. The van der Waals surface area contributed by atoms with Gasteiger partial charge in [-0.15, -0.1) is 0 Å². The SMILES string of the molecule is COCCn1ncc2cc([N+](=O)[O-])c(N3CCC(NC(=O)O)CC3)cc21. The number of amides is 1. The summed E-state index contributed by atoms with van der Waals surface area (Å²) in [5.74, 6) is 0. The Labute approximate surface area is 149 Å². The molecule has 0 saturated carbocycles. The average Bonchev–Trinajstić information content (AvgIpc) is 3.01. The van der Waals surface area contributed by atoms with Crippen LogP contribution in [0, 0.1) is 10.1 Å². The first kappa shape index (κ1) is 17.9. The summed E-state index contributed by atoms with van der Waals surface area (Å²) in [6, 6.07) is 3.21. The Morgan fingerprint density at radius 2 is 2.19 bits per heavy atom. The van der Waals surface area contributed by atoms with Crippen LogP contribution in [-0.2, 0) is 11.3 Å². The van der Waals surface area contributed by atoms with Gasteiger partial charge in [-0.3, -0.25) is 14.8 Å². The van der Waals surface area contributed by atoms with Crippen LogP contribution in [0.2, 0.25) is 0 Å². The van der Waals surface area contributed by atoms with Crippen molar-refractivity contribution in [3.63, 3.8) is 0 Å². The molecule has 1 amide bonds. The minimum absolute atomic E-state index is 0.0356. The Balaban J connectivity index is 1.89. The smallest absolute Gasteiger partial charge is 0.404 e. The summed E-state index contributed by atoms with van der Waals surface area (Å²) < 4.78 is 6.85. The van der Waals surface area contributed by atoms with Gasteiger partial charge in [0.2, 0.25) is 0 Å². The molecule has 1 aliphatic heterocycles. The van der Waals surface area contributed by atoms with E-state index >= 15 is 0 Å². The molecule has 0 radical (unpaired) electrons. The number of methoxy groups -OCH3 is 1. The Morgan fingerprint density at radius 3 is 2.81 bits per heavy atom. The summed E-state index contributed by atoms with van der Waals surface area (Å²) in [6.07, 6.45) is 1.78. The molecule has 2 aromatic rings. The molecule has 2 heterocycles. The Kier molecular flexibility index (Phi) is 5.21. The van der Waals surface area contributed by atoms with Gasteiger partial charge in [0, 0.05) is 37.7 Å². The zero-order valence-corrected chi connectivity index (χ0v) is 14.4. The van der Waals surface area contributed by atoms with Crippen molar-refractivity contribution in [1.29, 1.82) is 0 Å². The van der Waals surface area contributed by atoms with Crippen LogP contribution in [0.3, 0.4) is 0 Å². The Bertz CT molecular complexity index is 813. The molecule has 0 bridgehead atoms. The van der Waals surface area contributed by atoms with Crippen molar-refractivity contribution in [1.82, 2.24) is 15.1 Å². The predicted molar refractivity (Wildman–Crippen MR) is 94.7 cm³/mol. The number of nitrogens with one attached hydrogen (secondary N) is 1. The van der Waals surface area contributed by atoms with E-state index in [1.165, 1.54) is 0 Å². The van der Waals surface area contributed by atoms with Crippen molar-refractivity contribution in [3.8, 4) is 0 Å². The molecule has 0 atom stereocenters. The maximum atomic E-state index is 11.5. The highest BCUT2D eigenvalue weighted by molar-refractivity contribution is 5.88. The van der Waals surface area contributed by atoms with Crippen LogP contribution in [0.25, 0.3) is 10.9 Å². The maximum absolute atomic E-state index is 11.5. The van der Waals surface area contributed by atoms with Crippen LogP contribution >= 0.6 is 0 Å². The third-order valence-corrected chi connectivity index (χ3v) is 4.61. The first-order valence-electron chi connectivity index (χ1n) is 8.37. The molecular formula is C16H21N5O5. The van der Waals surface area contributed by atoms with Crippen molar-refractivity contribution in [2.75, 3.05) is 31.7 Å². The summed E-state index contributed by atoms with van der Waals surface area (Å²) in [6.45, 7) is 2.14. The summed E-state index contributed by atoms with van der Waals surface area (Å²) >= 11 is 0. The number of carboxylic acid groups (broad SMARTS) is 1. The number of rotatable bonds is 6. The molecule has 3 rings (SSSR count). The number of carbonyl (C=O) groups is 1. The van der Waals surface area contributed by atoms with Gasteiger partial charge in [-0.05, 0) is 18.9 Å². The maximum Gasteiger partial charge on any atom is 0.404 e. The monoisotopic (exact) mass is 363 g/mol. The van der Waals surface area contributed by atoms with Crippen LogP contribution in [-0.4, -0.2) is 58.8 Å². The number of piperidine rings is 1. The van der Waals surface area contributed by atoms with Crippen LogP contribution in [0.1, 0.15) is 12.8 Å². The van der Waals surface area contributed by atoms with Gasteiger partial charge in [-0.25, -0.2) is 4.79 Å². The van der Waals surface area contributed by atoms with E-state index in [0.29, 0.717) is 50.2 Å². The molecule has 1 fully saturated rings. The molecule has 26 heavy (non-hydrogen) atoms. The van der Waals surface area contributed by atoms with Crippen molar-refractivity contribution in [3.05, 3.63) is 28.4 Å². The number of hydrogen-bond acceptors (Lipinski definition) is 6. The Hall–Kier alpha value is -2.88. The van der Waals surface area contributed by atoms with Gasteiger partial charge in [0.15, 0.2) is 0 Å². The predicted octanol–water partition coefficient (Wildman–Crippen LogP) is 1.83.